The van der Waals surface area contributed by atoms with Crippen LogP contribution in [0.15, 0.2) is 66.2 Å². The van der Waals surface area contributed by atoms with E-state index in [4.69, 9.17) is 14.2 Å². The van der Waals surface area contributed by atoms with E-state index in [-0.39, 0.29) is 28.4 Å². The Morgan fingerprint density at radius 2 is 1.49 bits per heavy atom. The van der Waals surface area contributed by atoms with Gasteiger partial charge in [0.1, 0.15) is 28.6 Å². The molecule has 3 aromatic carbocycles. The molecular formula is C29H27NO7. The third kappa shape index (κ3) is 4.78. The van der Waals surface area contributed by atoms with Crippen LogP contribution in [0, 0.1) is 13.8 Å². The van der Waals surface area contributed by atoms with E-state index < -0.39 is 29.5 Å². The maximum atomic E-state index is 13.5. The van der Waals surface area contributed by atoms with Crippen LogP contribution in [0.1, 0.15) is 35.2 Å². The lowest BCUT2D eigenvalue weighted by atomic mass is 9.94. The highest BCUT2D eigenvalue weighted by atomic mass is 16.5. The molecule has 1 unspecified atom stereocenters. The third-order valence-electron chi connectivity index (χ3n) is 6.03. The Morgan fingerprint density at radius 1 is 0.892 bits per heavy atom. The molecule has 1 aliphatic heterocycles. The first kappa shape index (κ1) is 25.5. The molecule has 1 saturated heterocycles. The number of methoxy groups -OCH3 is 2. The third-order valence-corrected chi connectivity index (χ3v) is 6.03. The molecule has 1 amide bonds. The van der Waals surface area contributed by atoms with Gasteiger partial charge in [0.05, 0.1) is 25.8 Å². The van der Waals surface area contributed by atoms with Crippen molar-refractivity contribution in [1.82, 2.24) is 0 Å². The molecule has 0 aromatic heterocycles. The molecule has 8 heteroatoms. The van der Waals surface area contributed by atoms with Crippen molar-refractivity contribution in [3.05, 3.63) is 88.5 Å². The van der Waals surface area contributed by atoms with Crippen LogP contribution < -0.4 is 19.1 Å². The lowest BCUT2D eigenvalue weighted by Gasteiger charge is -2.26. The second kappa shape index (κ2) is 10.2. The number of carbonyl (C=O) groups is 3. The largest absolute Gasteiger partial charge is 0.506 e. The lowest BCUT2D eigenvalue weighted by Crippen LogP contribution is -2.29. The summed E-state index contributed by atoms with van der Waals surface area (Å²) < 4.78 is 16.1. The molecule has 1 atom stereocenters. The Morgan fingerprint density at radius 3 is 2.05 bits per heavy atom. The average molecular weight is 502 g/mol. The first-order valence-corrected chi connectivity index (χ1v) is 11.5. The Kier molecular flexibility index (Phi) is 7.02. The summed E-state index contributed by atoms with van der Waals surface area (Å²) in [4.78, 5) is 40.0. The van der Waals surface area contributed by atoms with Gasteiger partial charge in [-0.05, 0) is 66.9 Å². The first-order valence-electron chi connectivity index (χ1n) is 11.5. The molecule has 8 nitrogen and oxygen atoms in total. The molecule has 1 N–H and O–H groups in total. The molecule has 190 valence electrons. The smallest absolute Gasteiger partial charge is 0.308 e. The summed E-state index contributed by atoms with van der Waals surface area (Å²) in [6, 6.07) is 16.0. The Labute approximate surface area is 214 Å². The van der Waals surface area contributed by atoms with Gasteiger partial charge in [-0.1, -0.05) is 24.3 Å². The standard InChI is InChI=1S/C29H27NO7/c1-16-12-17(2)14-20(13-16)30-26(19-8-6-9-21(15-19)37-18(3)31)25(28(33)29(30)34)27(32)24-22(35-4)10-7-11-23(24)36-5/h6-15,26,32H,1-5H3/b27-25+. The van der Waals surface area contributed by atoms with Crippen LogP contribution >= 0.6 is 0 Å². The second-order valence-electron chi connectivity index (χ2n) is 8.72. The van der Waals surface area contributed by atoms with E-state index in [1.807, 2.05) is 19.9 Å². The van der Waals surface area contributed by atoms with Gasteiger partial charge in [0, 0.05) is 12.6 Å². The number of carbonyl (C=O) groups excluding carboxylic acids is 3. The minimum Gasteiger partial charge on any atom is -0.506 e. The molecule has 1 aliphatic rings. The van der Waals surface area contributed by atoms with Gasteiger partial charge in [0.25, 0.3) is 11.7 Å². The summed E-state index contributed by atoms with van der Waals surface area (Å²) in [7, 11) is 2.86. The summed E-state index contributed by atoms with van der Waals surface area (Å²) >= 11 is 0. The fraction of sp³-hybridized carbons (Fsp3) is 0.207. The number of amides is 1. The highest BCUT2D eigenvalue weighted by molar-refractivity contribution is 6.51. The molecule has 0 spiro atoms. The van der Waals surface area contributed by atoms with Gasteiger partial charge in [0.15, 0.2) is 0 Å². The van der Waals surface area contributed by atoms with Gasteiger partial charge in [-0.25, -0.2) is 0 Å². The lowest BCUT2D eigenvalue weighted by molar-refractivity contribution is -0.132. The monoisotopic (exact) mass is 501 g/mol. The van der Waals surface area contributed by atoms with Gasteiger partial charge < -0.3 is 19.3 Å². The van der Waals surface area contributed by atoms with Crippen molar-refractivity contribution in [2.45, 2.75) is 26.8 Å². The zero-order valence-electron chi connectivity index (χ0n) is 21.2. The van der Waals surface area contributed by atoms with E-state index in [2.05, 4.69) is 0 Å². The molecule has 4 rings (SSSR count). The highest BCUT2D eigenvalue weighted by Crippen LogP contribution is 2.45. The quantitative estimate of drug-likeness (QED) is 0.169. The molecule has 0 aliphatic carbocycles. The number of rotatable bonds is 6. The van der Waals surface area contributed by atoms with Gasteiger partial charge in [0.2, 0.25) is 0 Å². The van der Waals surface area contributed by atoms with E-state index in [0.717, 1.165) is 11.1 Å². The minimum absolute atomic E-state index is 0.145. The van der Waals surface area contributed by atoms with Crippen LogP contribution in [0.5, 0.6) is 17.2 Å². The van der Waals surface area contributed by atoms with Crippen molar-refractivity contribution >= 4 is 29.1 Å². The van der Waals surface area contributed by atoms with Crippen molar-refractivity contribution in [3.8, 4) is 17.2 Å². The molecule has 1 fully saturated rings. The summed E-state index contributed by atoms with van der Waals surface area (Å²) in [6.07, 6.45) is 0. The summed E-state index contributed by atoms with van der Waals surface area (Å²) in [5, 5.41) is 11.6. The Hall–Kier alpha value is -4.59. The van der Waals surface area contributed by atoms with Crippen LogP contribution in [0.3, 0.4) is 0 Å². The van der Waals surface area contributed by atoms with Crippen LogP contribution in [-0.4, -0.2) is 37.0 Å². The van der Waals surface area contributed by atoms with Crippen molar-refractivity contribution in [1.29, 1.82) is 0 Å². The first-order chi connectivity index (χ1) is 17.7. The maximum Gasteiger partial charge on any atom is 0.308 e. The van der Waals surface area contributed by atoms with Crippen molar-refractivity contribution in [2.75, 3.05) is 19.1 Å². The summed E-state index contributed by atoms with van der Waals surface area (Å²) in [5.74, 6) is -1.85. The number of nitrogens with zero attached hydrogens (tertiary/aromatic N) is 1. The number of anilines is 1. The van der Waals surface area contributed by atoms with Crippen molar-refractivity contribution in [2.24, 2.45) is 0 Å². The molecule has 37 heavy (non-hydrogen) atoms. The molecule has 3 aromatic rings. The van der Waals surface area contributed by atoms with E-state index in [1.165, 1.54) is 26.0 Å². The van der Waals surface area contributed by atoms with Crippen LogP contribution in [0.4, 0.5) is 5.69 Å². The number of hydrogen-bond donors (Lipinski definition) is 1. The highest BCUT2D eigenvalue weighted by Gasteiger charge is 2.47. The van der Waals surface area contributed by atoms with Gasteiger partial charge in [-0.3, -0.25) is 19.3 Å². The predicted octanol–water partition coefficient (Wildman–Crippen LogP) is 4.87. The molecule has 0 bridgehead atoms. The van der Waals surface area contributed by atoms with Gasteiger partial charge in [-0.15, -0.1) is 0 Å². The zero-order chi connectivity index (χ0) is 26.9. The van der Waals surface area contributed by atoms with E-state index in [1.54, 1.807) is 54.6 Å². The van der Waals surface area contributed by atoms with E-state index >= 15 is 0 Å². The maximum absolute atomic E-state index is 13.5. The molecule has 0 saturated carbocycles. The fourth-order valence-electron chi connectivity index (χ4n) is 4.64. The number of aliphatic hydroxyl groups excluding tert-OH is 1. The van der Waals surface area contributed by atoms with Gasteiger partial charge >= 0.3 is 5.97 Å². The van der Waals surface area contributed by atoms with Crippen LogP contribution in [0.25, 0.3) is 5.76 Å². The SMILES string of the molecule is COc1cccc(OC)c1/C(O)=C1\C(=O)C(=O)N(c2cc(C)cc(C)c2)C1c1cccc(OC(C)=O)c1. The number of aliphatic hydroxyl groups is 1. The average Bonchev–Trinajstić information content (AvgIpc) is 3.12. The second-order valence-corrected chi connectivity index (χ2v) is 8.72. The minimum atomic E-state index is -1.02. The topological polar surface area (TPSA) is 102 Å². The number of esters is 1. The number of Topliss-reactive ketones (excluding diaryl/α,β-unsaturated/α-hetero) is 1. The summed E-state index contributed by atoms with van der Waals surface area (Å²) in [6.45, 7) is 5.06. The Bertz CT molecular complexity index is 1400. The Balaban J connectivity index is 2.03. The number of hydrogen-bond acceptors (Lipinski definition) is 7. The predicted molar refractivity (Wildman–Crippen MR) is 138 cm³/mol. The van der Waals surface area contributed by atoms with Gasteiger partial charge in [-0.2, -0.15) is 0 Å². The number of ketones is 1. The molecule has 0 radical (unpaired) electrons. The zero-order valence-corrected chi connectivity index (χ0v) is 21.2. The van der Waals surface area contributed by atoms with E-state index in [0.29, 0.717) is 11.3 Å². The fourth-order valence-corrected chi connectivity index (χ4v) is 4.64. The number of aryl methyl sites for hydroxylation is 2. The van der Waals surface area contributed by atoms with Crippen molar-refractivity contribution in [3.63, 3.8) is 0 Å². The van der Waals surface area contributed by atoms with Crippen molar-refractivity contribution < 1.29 is 33.7 Å². The molecule has 1 heterocycles. The number of ether oxygens (including phenoxy) is 3. The molecular weight excluding hydrogens is 474 g/mol. The van der Waals surface area contributed by atoms with Crippen LogP contribution in [0.2, 0.25) is 0 Å². The number of benzene rings is 3. The van der Waals surface area contributed by atoms with Crippen LogP contribution in [-0.2, 0) is 14.4 Å². The normalized spacial score (nSPS) is 16.6. The van der Waals surface area contributed by atoms with E-state index in [9.17, 15) is 19.5 Å². The summed E-state index contributed by atoms with van der Waals surface area (Å²) in [5.41, 5.74) is 2.76.